The molecule has 144 valence electrons. The topological polar surface area (TPSA) is 66.5 Å². The van der Waals surface area contributed by atoms with Crippen LogP contribution in [0, 0.1) is 0 Å². The molecule has 0 fully saturated rings. The summed E-state index contributed by atoms with van der Waals surface area (Å²) in [7, 11) is -3.67. The fourth-order valence-electron chi connectivity index (χ4n) is 3.62. The number of hydrogen-bond donors (Lipinski definition) is 1. The first-order valence-corrected chi connectivity index (χ1v) is 11.1. The molecular weight excluding hydrogens is 384 g/mol. The molecule has 0 radical (unpaired) electrons. The van der Waals surface area contributed by atoms with Crippen molar-refractivity contribution in [2.75, 3.05) is 10.6 Å². The molecule has 1 aliphatic rings. The molecule has 2 unspecified atom stereocenters. The zero-order chi connectivity index (χ0) is 19.6. The van der Waals surface area contributed by atoms with E-state index in [1.54, 1.807) is 31.2 Å². The van der Waals surface area contributed by atoms with Gasteiger partial charge in [-0.15, -0.1) is 0 Å². The van der Waals surface area contributed by atoms with Crippen LogP contribution in [-0.2, 0) is 21.2 Å². The maximum Gasteiger partial charge on any atom is 0.244 e. The first-order chi connectivity index (χ1) is 12.8. The Hall–Kier alpha value is -2.05. The van der Waals surface area contributed by atoms with Gasteiger partial charge in [0.15, 0.2) is 0 Å². The second-order valence-electron chi connectivity index (χ2n) is 6.87. The molecule has 0 heterocycles. The summed E-state index contributed by atoms with van der Waals surface area (Å²) in [5.74, 6) is -0.331. The second-order valence-corrected chi connectivity index (χ2v) is 9.16. The molecule has 3 rings (SSSR count). The van der Waals surface area contributed by atoms with Gasteiger partial charge in [0.05, 0.1) is 18.0 Å². The standard InChI is InChI=1S/C20H23ClN2O3S/c1-14(23(27(2,25)26)17-10-6-9-16(21)13-17)20(24)22-19-12-5-8-15-7-3-4-11-18(15)19/h3-4,6-7,9-11,13-14,19H,5,8,12H2,1-2H3,(H,22,24). The second kappa shape index (κ2) is 7.90. The number of fused-ring (bicyclic) bond motifs is 1. The smallest absolute Gasteiger partial charge is 0.244 e. The van der Waals surface area contributed by atoms with Crippen LogP contribution >= 0.6 is 11.6 Å². The molecular formula is C20H23ClN2O3S. The van der Waals surface area contributed by atoms with Gasteiger partial charge < -0.3 is 5.32 Å². The summed E-state index contributed by atoms with van der Waals surface area (Å²) in [6, 6.07) is 13.6. The molecule has 1 amide bonds. The monoisotopic (exact) mass is 406 g/mol. The third-order valence-corrected chi connectivity index (χ3v) is 6.31. The highest BCUT2D eigenvalue weighted by Crippen LogP contribution is 2.30. The van der Waals surface area contributed by atoms with E-state index in [1.165, 1.54) is 5.56 Å². The highest BCUT2D eigenvalue weighted by molar-refractivity contribution is 7.92. The Morgan fingerprint density at radius 3 is 2.67 bits per heavy atom. The molecule has 2 aromatic rings. The maximum absolute atomic E-state index is 12.9. The molecule has 5 nitrogen and oxygen atoms in total. The number of nitrogens with one attached hydrogen (secondary N) is 1. The average Bonchev–Trinajstić information content (AvgIpc) is 2.61. The minimum Gasteiger partial charge on any atom is -0.347 e. The van der Waals surface area contributed by atoms with Crippen molar-refractivity contribution in [2.45, 2.75) is 38.3 Å². The van der Waals surface area contributed by atoms with E-state index in [2.05, 4.69) is 11.4 Å². The van der Waals surface area contributed by atoms with Crippen molar-refractivity contribution in [3.8, 4) is 0 Å². The van der Waals surface area contributed by atoms with Crippen LogP contribution in [-0.4, -0.2) is 26.6 Å². The summed E-state index contributed by atoms with van der Waals surface area (Å²) in [5.41, 5.74) is 2.71. The number of sulfonamides is 1. The van der Waals surface area contributed by atoms with Crippen molar-refractivity contribution in [1.29, 1.82) is 0 Å². The van der Waals surface area contributed by atoms with Crippen molar-refractivity contribution in [1.82, 2.24) is 5.32 Å². The van der Waals surface area contributed by atoms with Crippen molar-refractivity contribution < 1.29 is 13.2 Å². The van der Waals surface area contributed by atoms with Crippen molar-refractivity contribution in [3.63, 3.8) is 0 Å². The number of carbonyl (C=O) groups is 1. The molecule has 0 aliphatic heterocycles. The van der Waals surface area contributed by atoms with Gasteiger partial charge in [0.25, 0.3) is 0 Å². The molecule has 7 heteroatoms. The van der Waals surface area contributed by atoms with Crippen molar-refractivity contribution in [2.24, 2.45) is 0 Å². The van der Waals surface area contributed by atoms with E-state index < -0.39 is 16.1 Å². The number of nitrogens with zero attached hydrogens (tertiary/aromatic N) is 1. The molecule has 1 aliphatic carbocycles. The van der Waals surface area contributed by atoms with Crippen LogP contribution in [0.4, 0.5) is 5.69 Å². The minimum absolute atomic E-state index is 0.106. The number of aryl methyl sites for hydroxylation is 1. The number of carbonyl (C=O) groups excluding carboxylic acids is 1. The largest absolute Gasteiger partial charge is 0.347 e. The fraction of sp³-hybridized carbons (Fsp3) is 0.350. The number of halogens is 1. The van der Waals surface area contributed by atoms with Crippen molar-refractivity contribution in [3.05, 3.63) is 64.7 Å². The summed E-state index contributed by atoms with van der Waals surface area (Å²) in [6.07, 6.45) is 3.91. The van der Waals surface area contributed by atoms with E-state index in [-0.39, 0.29) is 11.9 Å². The fourth-order valence-corrected chi connectivity index (χ4v) is 4.97. The highest BCUT2D eigenvalue weighted by atomic mass is 35.5. The third-order valence-electron chi connectivity index (χ3n) is 4.84. The molecule has 0 saturated carbocycles. The highest BCUT2D eigenvalue weighted by Gasteiger charge is 2.31. The van der Waals surface area contributed by atoms with Gasteiger partial charge in [-0.3, -0.25) is 9.10 Å². The van der Waals surface area contributed by atoms with Gasteiger partial charge in [-0.25, -0.2) is 8.42 Å². The van der Waals surface area contributed by atoms with E-state index in [1.807, 2.05) is 18.2 Å². The van der Waals surface area contributed by atoms with Crippen LogP contribution < -0.4 is 9.62 Å². The van der Waals surface area contributed by atoms with Crippen LogP contribution in [0.15, 0.2) is 48.5 Å². The molecule has 1 N–H and O–H groups in total. The van der Waals surface area contributed by atoms with Gasteiger partial charge in [-0.1, -0.05) is 41.9 Å². The normalized spacial score (nSPS) is 17.7. The van der Waals surface area contributed by atoms with Crippen LogP contribution in [0.3, 0.4) is 0 Å². The van der Waals surface area contributed by atoms with Gasteiger partial charge >= 0.3 is 0 Å². The Bertz CT molecular complexity index is 946. The molecule has 0 spiro atoms. The van der Waals surface area contributed by atoms with E-state index >= 15 is 0 Å². The lowest BCUT2D eigenvalue weighted by molar-refractivity contribution is -0.122. The summed E-state index contributed by atoms with van der Waals surface area (Å²) in [6.45, 7) is 1.59. The minimum atomic E-state index is -3.67. The molecule has 2 atom stereocenters. The average molecular weight is 407 g/mol. The Morgan fingerprint density at radius 1 is 1.22 bits per heavy atom. The van der Waals surface area contributed by atoms with Gasteiger partial charge in [0.2, 0.25) is 15.9 Å². The quantitative estimate of drug-likeness (QED) is 0.823. The maximum atomic E-state index is 12.9. The van der Waals surface area contributed by atoms with Gasteiger partial charge in [0.1, 0.15) is 6.04 Å². The zero-order valence-corrected chi connectivity index (χ0v) is 16.9. The summed E-state index contributed by atoms with van der Waals surface area (Å²) in [4.78, 5) is 12.9. The number of benzene rings is 2. The Labute approximate surface area is 165 Å². The first-order valence-electron chi connectivity index (χ1n) is 8.90. The van der Waals surface area contributed by atoms with E-state index in [0.29, 0.717) is 10.7 Å². The van der Waals surface area contributed by atoms with Crippen LogP contribution in [0.1, 0.15) is 36.9 Å². The van der Waals surface area contributed by atoms with Gasteiger partial charge in [0, 0.05) is 5.02 Å². The first kappa shape index (κ1) is 19.7. The number of amides is 1. The molecule has 0 aromatic heterocycles. The number of hydrogen-bond acceptors (Lipinski definition) is 3. The summed E-state index contributed by atoms with van der Waals surface area (Å²) >= 11 is 6.01. The van der Waals surface area contributed by atoms with Crippen LogP contribution in [0.2, 0.25) is 5.02 Å². The predicted molar refractivity (Wildman–Crippen MR) is 109 cm³/mol. The lowest BCUT2D eigenvalue weighted by Gasteiger charge is -2.31. The van der Waals surface area contributed by atoms with E-state index in [9.17, 15) is 13.2 Å². The molecule has 0 bridgehead atoms. The van der Waals surface area contributed by atoms with Gasteiger partial charge in [-0.2, -0.15) is 0 Å². The van der Waals surface area contributed by atoms with E-state index in [0.717, 1.165) is 35.4 Å². The van der Waals surface area contributed by atoms with E-state index in [4.69, 9.17) is 11.6 Å². The van der Waals surface area contributed by atoms with Crippen LogP contribution in [0.25, 0.3) is 0 Å². The third kappa shape index (κ3) is 4.45. The predicted octanol–water partition coefficient (Wildman–Crippen LogP) is 3.69. The molecule has 2 aromatic carbocycles. The van der Waals surface area contributed by atoms with Gasteiger partial charge in [-0.05, 0) is 55.5 Å². The summed E-state index contributed by atoms with van der Waals surface area (Å²) in [5, 5.41) is 3.45. The number of rotatable bonds is 5. The van der Waals surface area contributed by atoms with Crippen molar-refractivity contribution >= 4 is 33.2 Å². The Morgan fingerprint density at radius 2 is 1.96 bits per heavy atom. The SMILES string of the molecule is CC(C(=O)NC1CCCc2ccccc21)N(c1cccc(Cl)c1)S(C)(=O)=O. The Balaban J connectivity index is 1.85. The summed E-state index contributed by atoms with van der Waals surface area (Å²) < 4.78 is 25.9. The lowest BCUT2D eigenvalue weighted by atomic mass is 9.87. The molecule has 0 saturated heterocycles. The zero-order valence-electron chi connectivity index (χ0n) is 15.4. The Kier molecular flexibility index (Phi) is 5.77. The van der Waals surface area contributed by atoms with Crippen LogP contribution in [0.5, 0.6) is 0 Å². The lowest BCUT2D eigenvalue weighted by Crippen LogP contribution is -2.49. The number of anilines is 1. The molecule has 27 heavy (non-hydrogen) atoms.